The van der Waals surface area contributed by atoms with Crippen LogP contribution in [0, 0.1) is 5.92 Å². The van der Waals surface area contributed by atoms with Gasteiger partial charge in [-0.05, 0) is 17.9 Å². The van der Waals surface area contributed by atoms with E-state index in [0.29, 0.717) is 6.42 Å². The summed E-state index contributed by atoms with van der Waals surface area (Å²) in [7, 11) is 0. The number of carbonyl (C=O) groups is 2. The highest BCUT2D eigenvalue weighted by Crippen LogP contribution is 2.15. The molecule has 2 N–H and O–H groups in total. The van der Waals surface area contributed by atoms with Gasteiger partial charge in [0.15, 0.2) is 0 Å². The Morgan fingerprint density at radius 1 is 1.19 bits per heavy atom. The van der Waals surface area contributed by atoms with Crippen molar-refractivity contribution in [2.24, 2.45) is 5.92 Å². The third-order valence-corrected chi connectivity index (χ3v) is 3.53. The Morgan fingerprint density at radius 3 is 2.33 bits per heavy atom. The van der Waals surface area contributed by atoms with Gasteiger partial charge >= 0.3 is 12.1 Å². The molecule has 0 spiro atoms. The highest BCUT2D eigenvalue weighted by Gasteiger charge is 2.23. The summed E-state index contributed by atoms with van der Waals surface area (Å²) in [5.41, 5.74) is 0.861. The van der Waals surface area contributed by atoms with E-state index in [-0.39, 0.29) is 12.5 Å². The summed E-state index contributed by atoms with van der Waals surface area (Å²) in [6.07, 6.45) is 1.50. The first-order valence-corrected chi connectivity index (χ1v) is 7.26. The number of carboxylic acid groups (broad SMARTS) is 1. The van der Waals surface area contributed by atoms with E-state index < -0.39 is 18.1 Å². The van der Waals surface area contributed by atoms with Gasteiger partial charge in [-0.15, -0.1) is 0 Å². The number of ether oxygens (including phenoxy) is 1. The Balaban J connectivity index is 2.47. The Morgan fingerprint density at radius 2 is 1.81 bits per heavy atom. The topological polar surface area (TPSA) is 75.6 Å². The second kappa shape index (κ2) is 9.00. The SMILES string of the molecule is CCC(CC)CC(NC(=O)OCc1ccccc1)C(=O)O. The van der Waals surface area contributed by atoms with Gasteiger partial charge in [0, 0.05) is 0 Å². The van der Waals surface area contributed by atoms with E-state index in [1.807, 2.05) is 44.2 Å². The number of alkyl carbamates (subject to hydrolysis) is 1. The predicted octanol–water partition coefficient (Wildman–Crippen LogP) is 3.19. The highest BCUT2D eigenvalue weighted by molar-refractivity contribution is 5.79. The van der Waals surface area contributed by atoms with E-state index in [1.54, 1.807) is 0 Å². The van der Waals surface area contributed by atoms with Gasteiger partial charge in [-0.3, -0.25) is 0 Å². The van der Waals surface area contributed by atoms with E-state index in [4.69, 9.17) is 4.74 Å². The zero-order chi connectivity index (χ0) is 15.7. The minimum Gasteiger partial charge on any atom is -0.480 e. The molecule has 21 heavy (non-hydrogen) atoms. The average Bonchev–Trinajstić information content (AvgIpc) is 2.50. The number of hydrogen-bond donors (Lipinski definition) is 2. The first kappa shape index (κ1) is 17.0. The summed E-state index contributed by atoms with van der Waals surface area (Å²) in [5.74, 6) is -0.751. The number of carboxylic acids is 1. The van der Waals surface area contributed by atoms with Gasteiger partial charge in [-0.25, -0.2) is 9.59 Å². The molecule has 0 aromatic heterocycles. The third-order valence-electron chi connectivity index (χ3n) is 3.53. The summed E-state index contributed by atoms with van der Waals surface area (Å²) in [6, 6.07) is 8.35. The number of hydrogen-bond acceptors (Lipinski definition) is 3. The van der Waals surface area contributed by atoms with Gasteiger partial charge in [-0.1, -0.05) is 57.0 Å². The summed E-state index contributed by atoms with van der Waals surface area (Å²) >= 11 is 0. The first-order valence-electron chi connectivity index (χ1n) is 7.26. The Kier molecular flexibility index (Phi) is 7.29. The molecule has 0 saturated heterocycles. The number of nitrogens with one attached hydrogen (secondary N) is 1. The number of benzene rings is 1. The van der Waals surface area contributed by atoms with E-state index in [9.17, 15) is 14.7 Å². The largest absolute Gasteiger partial charge is 0.480 e. The number of carbonyl (C=O) groups excluding carboxylic acids is 1. The van der Waals surface area contributed by atoms with E-state index >= 15 is 0 Å². The molecule has 0 bridgehead atoms. The van der Waals surface area contributed by atoms with Crippen LogP contribution in [0.25, 0.3) is 0 Å². The molecule has 0 heterocycles. The number of rotatable bonds is 8. The number of amides is 1. The molecule has 0 aliphatic heterocycles. The lowest BCUT2D eigenvalue weighted by molar-refractivity contribution is -0.139. The van der Waals surface area contributed by atoms with Crippen molar-refractivity contribution in [1.82, 2.24) is 5.32 Å². The molecule has 0 saturated carbocycles. The van der Waals surface area contributed by atoms with Crippen molar-refractivity contribution < 1.29 is 19.4 Å². The molecular weight excluding hydrogens is 270 g/mol. The van der Waals surface area contributed by atoms with Crippen molar-refractivity contribution in [2.45, 2.75) is 45.8 Å². The molecule has 116 valence electrons. The Labute approximate surface area is 125 Å². The summed E-state index contributed by atoms with van der Waals surface area (Å²) in [6.45, 7) is 4.16. The molecule has 1 aromatic rings. The Bertz CT molecular complexity index is 443. The fourth-order valence-electron chi connectivity index (χ4n) is 2.08. The van der Waals surface area contributed by atoms with Crippen molar-refractivity contribution in [3.05, 3.63) is 35.9 Å². The van der Waals surface area contributed by atoms with Crippen LogP contribution >= 0.6 is 0 Å². The normalized spacial score (nSPS) is 12.0. The molecule has 1 rings (SSSR count). The van der Waals surface area contributed by atoms with Gasteiger partial charge in [0.05, 0.1) is 0 Å². The molecule has 1 unspecified atom stereocenters. The number of aliphatic carboxylic acids is 1. The van der Waals surface area contributed by atoms with Crippen LogP contribution in [0.5, 0.6) is 0 Å². The lowest BCUT2D eigenvalue weighted by atomic mass is 9.95. The molecule has 0 aliphatic rings. The maximum absolute atomic E-state index is 11.7. The van der Waals surface area contributed by atoms with Crippen molar-refractivity contribution in [2.75, 3.05) is 0 Å². The van der Waals surface area contributed by atoms with Crippen LogP contribution in [0.2, 0.25) is 0 Å². The minimum absolute atomic E-state index is 0.129. The van der Waals surface area contributed by atoms with Gasteiger partial charge in [-0.2, -0.15) is 0 Å². The fraction of sp³-hybridized carbons (Fsp3) is 0.500. The van der Waals surface area contributed by atoms with Crippen molar-refractivity contribution in [3.63, 3.8) is 0 Å². The second-order valence-electron chi connectivity index (χ2n) is 5.02. The summed E-state index contributed by atoms with van der Waals surface area (Å²) < 4.78 is 5.04. The summed E-state index contributed by atoms with van der Waals surface area (Å²) in [4.78, 5) is 22.9. The Hall–Kier alpha value is -2.04. The smallest absolute Gasteiger partial charge is 0.408 e. The molecule has 1 atom stereocenters. The lowest BCUT2D eigenvalue weighted by Crippen LogP contribution is -2.42. The van der Waals surface area contributed by atoms with Crippen LogP contribution < -0.4 is 5.32 Å². The maximum atomic E-state index is 11.7. The van der Waals surface area contributed by atoms with Crippen molar-refractivity contribution >= 4 is 12.1 Å². The van der Waals surface area contributed by atoms with Crippen LogP contribution in [0.3, 0.4) is 0 Å². The van der Waals surface area contributed by atoms with E-state index in [2.05, 4.69) is 5.32 Å². The predicted molar refractivity (Wildman–Crippen MR) is 79.9 cm³/mol. The zero-order valence-corrected chi connectivity index (χ0v) is 12.5. The zero-order valence-electron chi connectivity index (χ0n) is 12.5. The van der Waals surface area contributed by atoms with Crippen molar-refractivity contribution in [1.29, 1.82) is 0 Å². The summed E-state index contributed by atoms with van der Waals surface area (Å²) in [5, 5.41) is 11.6. The monoisotopic (exact) mass is 293 g/mol. The maximum Gasteiger partial charge on any atom is 0.408 e. The van der Waals surface area contributed by atoms with Crippen LogP contribution in [-0.2, 0) is 16.1 Å². The fourth-order valence-corrected chi connectivity index (χ4v) is 2.08. The van der Waals surface area contributed by atoms with Gasteiger partial charge in [0.25, 0.3) is 0 Å². The van der Waals surface area contributed by atoms with Crippen LogP contribution in [0.15, 0.2) is 30.3 Å². The quantitative estimate of drug-likeness (QED) is 0.771. The van der Waals surface area contributed by atoms with E-state index in [1.165, 1.54) is 0 Å². The van der Waals surface area contributed by atoms with Gasteiger partial charge in [0.2, 0.25) is 0 Å². The molecule has 5 nitrogen and oxygen atoms in total. The third kappa shape index (κ3) is 6.29. The standard InChI is InChI=1S/C16H23NO4/c1-3-12(4-2)10-14(15(18)19)17-16(20)21-11-13-8-6-5-7-9-13/h5-9,12,14H,3-4,10-11H2,1-2H3,(H,17,20)(H,18,19). The highest BCUT2D eigenvalue weighted by atomic mass is 16.5. The lowest BCUT2D eigenvalue weighted by Gasteiger charge is -2.19. The van der Waals surface area contributed by atoms with Gasteiger partial charge < -0.3 is 15.2 Å². The van der Waals surface area contributed by atoms with Crippen molar-refractivity contribution in [3.8, 4) is 0 Å². The molecule has 5 heteroatoms. The molecule has 1 aromatic carbocycles. The molecule has 1 amide bonds. The van der Waals surface area contributed by atoms with Crippen LogP contribution in [0.1, 0.15) is 38.7 Å². The minimum atomic E-state index is -1.03. The average molecular weight is 293 g/mol. The molecule has 0 radical (unpaired) electrons. The molecule has 0 fully saturated rings. The van der Waals surface area contributed by atoms with Gasteiger partial charge in [0.1, 0.15) is 12.6 Å². The van der Waals surface area contributed by atoms with E-state index in [0.717, 1.165) is 18.4 Å². The molecule has 0 aliphatic carbocycles. The second-order valence-corrected chi connectivity index (χ2v) is 5.02. The van der Waals surface area contributed by atoms with Crippen LogP contribution in [-0.4, -0.2) is 23.2 Å². The molecular formula is C16H23NO4. The van der Waals surface area contributed by atoms with Crippen LogP contribution in [0.4, 0.5) is 4.79 Å². The first-order chi connectivity index (χ1) is 10.1.